The summed E-state index contributed by atoms with van der Waals surface area (Å²) in [6, 6.07) is 14.1. The third kappa shape index (κ3) is 3.40. The lowest BCUT2D eigenvalue weighted by molar-refractivity contribution is -0.117. The molecular weight excluding hydrogens is 364 g/mol. The Morgan fingerprint density at radius 2 is 2.08 bits per heavy atom. The van der Waals surface area contributed by atoms with Crippen LogP contribution in [0.15, 0.2) is 53.2 Å². The highest BCUT2D eigenvalue weighted by atomic mass is 32.1. The summed E-state index contributed by atoms with van der Waals surface area (Å²) in [6.07, 6.45) is 0.997. The molecule has 0 radical (unpaired) electrons. The van der Waals surface area contributed by atoms with Crippen molar-refractivity contribution < 1.29 is 9.53 Å². The van der Waals surface area contributed by atoms with E-state index in [0.29, 0.717) is 18.0 Å². The van der Waals surface area contributed by atoms with Gasteiger partial charge in [0.2, 0.25) is 5.91 Å². The summed E-state index contributed by atoms with van der Waals surface area (Å²) in [6.45, 7) is 1.24. The molecule has 1 aromatic carbocycles. The second-order valence-electron chi connectivity index (χ2n) is 6.19. The highest BCUT2D eigenvalue weighted by Gasteiger charge is 2.31. The second kappa shape index (κ2) is 7.61. The zero-order valence-electron chi connectivity index (χ0n) is 14.5. The number of rotatable bonds is 5. The molecule has 0 aliphatic carbocycles. The fraction of sp³-hybridized carbons (Fsp3) is 0.250. The zero-order valence-corrected chi connectivity index (χ0v) is 16.1. The molecule has 0 saturated carbocycles. The van der Waals surface area contributed by atoms with Crippen molar-refractivity contribution in [2.75, 3.05) is 25.5 Å². The Morgan fingerprint density at radius 3 is 2.88 bits per heavy atom. The van der Waals surface area contributed by atoms with Crippen molar-refractivity contribution in [2.24, 2.45) is 0 Å². The number of amides is 1. The number of nitrogens with one attached hydrogen (secondary N) is 1. The first-order chi connectivity index (χ1) is 12.8. The van der Waals surface area contributed by atoms with Crippen LogP contribution in [0, 0.1) is 0 Å². The first-order valence-corrected chi connectivity index (χ1v) is 10.3. The van der Waals surface area contributed by atoms with Crippen molar-refractivity contribution >= 4 is 34.3 Å². The van der Waals surface area contributed by atoms with Gasteiger partial charge in [0.05, 0.1) is 25.4 Å². The number of ether oxygens (including phenoxy) is 1. The van der Waals surface area contributed by atoms with Crippen molar-refractivity contribution in [3.8, 4) is 5.75 Å². The second-order valence-corrected chi connectivity index (χ2v) is 8.17. The van der Waals surface area contributed by atoms with Gasteiger partial charge in [0, 0.05) is 16.3 Å². The summed E-state index contributed by atoms with van der Waals surface area (Å²) in [5, 5.41) is 7.25. The minimum Gasteiger partial charge on any atom is -0.495 e. The largest absolute Gasteiger partial charge is 0.495 e. The lowest BCUT2D eigenvalue weighted by Gasteiger charge is -2.34. The number of carbonyl (C=O) groups is 1. The van der Waals surface area contributed by atoms with Gasteiger partial charge in [0.1, 0.15) is 5.75 Å². The lowest BCUT2D eigenvalue weighted by Crippen LogP contribution is -2.40. The van der Waals surface area contributed by atoms with Crippen LogP contribution >= 0.6 is 22.7 Å². The van der Waals surface area contributed by atoms with Gasteiger partial charge in [-0.15, -0.1) is 22.7 Å². The summed E-state index contributed by atoms with van der Waals surface area (Å²) in [5.41, 5.74) is 2.05. The first kappa shape index (κ1) is 17.3. The molecule has 1 atom stereocenters. The minimum atomic E-state index is -0.0188. The van der Waals surface area contributed by atoms with E-state index < -0.39 is 0 Å². The molecule has 0 spiro atoms. The van der Waals surface area contributed by atoms with Crippen LogP contribution in [0.2, 0.25) is 0 Å². The molecule has 1 aliphatic rings. The molecule has 0 unspecified atom stereocenters. The van der Waals surface area contributed by atoms with Crippen molar-refractivity contribution in [1.82, 2.24) is 4.90 Å². The third-order valence-corrected chi connectivity index (χ3v) is 6.53. The van der Waals surface area contributed by atoms with Gasteiger partial charge in [-0.05, 0) is 47.0 Å². The fourth-order valence-corrected chi connectivity index (χ4v) is 5.22. The van der Waals surface area contributed by atoms with Gasteiger partial charge in [-0.1, -0.05) is 18.2 Å². The molecule has 1 N–H and O–H groups in total. The van der Waals surface area contributed by atoms with Gasteiger partial charge in [-0.25, -0.2) is 0 Å². The Morgan fingerprint density at radius 1 is 1.19 bits per heavy atom. The average Bonchev–Trinajstić information content (AvgIpc) is 3.33. The number of thiophene rings is 2. The van der Waals surface area contributed by atoms with Gasteiger partial charge < -0.3 is 10.1 Å². The van der Waals surface area contributed by atoms with Gasteiger partial charge in [0.25, 0.3) is 0 Å². The van der Waals surface area contributed by atoms with E-state index >= 15 is 0 Å². The summed E-state index contributed by atoms with van der Waals surface area (Å²) in [4.78, 5) is 17.7. The molecule has 134 valence electrons. The van der Waals surface area contributed by atoms with E-state index in [1.165, 1.54) is 15.3 Å². The van der Waals surface area contributed by atoms with Crippen molar-refractivity contribution in [3.63, 3.8) is 0 Å². The maximum atomic E-state index is 12.7. The van der Waals surface area contributed by atoms with E-state index in [-0.39, 0.29) is 11.9 Å². The van der Waals surface area contributed by atoms with Crippen LogP contribution < -0.4 is 10.1 Å². The maximum Gasteiger partial charge on any atom is 0.238 e. The first-order valence-electron chi connectivity index (χ1n) is 8.53. The Balaban J connectivity index is 1.54. The SMILES string of the molecule is COc1ccccc1NC(=O)CN1CCc2sccc2[C@H]1c1cccs1. The predicted molar refractivity (Wildman–Crippen MR) is 107 cm³/mol. The Hall–Kier alpha value is -2.15. The van der Waals surface area contributed by atoms with Crippen molar-refractivity contribution in [2.45, 2.75) is 12.5 Å². The number of hydrogen-bond acceptors (Lipinski definition) is 5. The number of para-hydroxylation sites is 2. The van der Waals surface area contributed by atoms with Crippen LogP contribution in [0.4, 0.5) is 5.69 Å². The Kier molecular flexibility index (Phi) is 5.06. The van der Waals surface area contributed by atoms with E-state index in [1.54, 1.807) is 18.4 Å². The molecule has 0 fully saturated rings. The van der Waals surface area contributed by atoms with Gasteiger partial charge >= 0.3 is 0 Å². The van der Waals surface area contributed by atoms with E-state index in [1.807, 2.05) is 35.6 Å². The van der Waals surface area contributed by atoms with Crippen LogP contribution in [-0.4, -0.2) is 31.0 Å². The highest BCUT2D eigenvalue weighted by molar-refractivity contribution is 7.10. The van der Waals surface area contributed by atoms with Crippen LogP contribution in [0.5, 0.6) is 5.75 Å². The molecule has 1 amide bonds. The van der Waals surface area contributed by atoms with E-state index in [0.717, 1.165) is 13.0 Å². The van der Waals surface area contributed by atoms with E-state index in [2.05, 4.69) is 39.2 Å². The molecular formula is C20H20N2O2S2. The maximum absolute atomic E-state index is 12.7. The standard InChI is InChI=1S/C20H20N2O2S2/c1-24-16-6-3-2-5-15(16)21-19(23)13-22-10-8-17-14(9-12-26-17)20(22)18-7-4-11-25-18/h2-7,9,11-12,20H,8,10,13H2,1H3,(H,21,23)/t20-/m0/s1. The number of carbonyl (C=O) groups excluding carboxylic acids is 1. The average molecular weight is 385 g/mol. The van der Waals surface area contributed by atoms with Gasteiger partial charge in [-0.3, -0.25) is 9.69 Å². The summed E-state index contributed by atoms with van der Waals surface area (Å²) in [5.74, 6) is 0.657. The normalized spacial score (nSPS) is 16.9. The quantitative estimate of drug-likeness (QED) is 0.709. The zero-order chi connectivity index (χ0) is 17.9. The van der Waals surface area contributed by atoms with Crippen molar-refractivity contribution in [3.05, 3.63) is 68.5 Å². The molecule has 0 saturated heterocycles. The topological polar surface area (TPSA) is 41.6 Å². The molecule has 2 aromatic heterocycles. The Labute approximate surface area is 161 Å². The number of methoxy groups -OCH3 is 1. The van der Waals surface area contributed by atoms with Gasteiger partial charge in [0.15, 0.2) is 0 Å². The molecule has 3 aromatic rings. The van der Waals surface area contributed by atoms with Crippen molar-refractivity contribution in [1.29, 1.82) is 0 Å². The third-order valence-electron chi connectivity index (χ3n) is 4.61. The monoisotopic (exact) mass is 384 g/mol. The molecule has 26 heavy (non-hydrogen) atoms. The van der Waals surface area contributed by atoms with Crippen LogP contribution in [-0.2, 0) is 11.2 Å². The molecule has 3 heterocycles. The van der Waals surface area contributed by atoms with E-state index in [4.69, 9.17) is 4.74 Å². The Bertz CT molecular complexity index is 889. The lowest BCUT2D eigenvalue weighted by atomic mass is 9.98. The molecule has 0 bridgehead atoms. The van der Waals surface area contributed by atoms with Crippen LogP contribution in [0.25, 0.3) is 0 Å². The highest BCUT2D eigenvalue weighted by Crippen LogP contribution is 2.39. The fourth-order valence-electron chi connectivity index (χ4n) is 3.44. The number of hydrogen-bond donors (Lipinski definition) is 1. The molecule has 6 heteroatoms. The molecule has 1 aliphatic heterocycles. The number of anilines is 1. The molecule has 4 rings (SSSR count). The molecule has 4 nitrogen and oxygen atoms in total. The minimum absolute atomic E-state index is 0.0188. The number of fused-ring (bicyclic) bond motifs is 1. The van der Waals surface area contributed by atoms with Crippen LogP contribution in [0.3, 0.4) is 0 Å². The number of nitrogens with zero attached hydrogens (tertiary/aromatic N) is 1. The van der Waals surface area contributed by atoms with E-state index in [9.17, 15) is 4.79 Å². The predicted octanol–water partition coefficient (Wildman–Crippen LogP) is 4.40. The van der Waals surface area contributed by atoms with Gasteiger partial charge in [-0.2, -0.15) is 0 Å². The summed E-state index contributed by atoms with van der Waals surface area (Å²) in [7, 11) is 1.61. The van der Waals surface area contributed by atoms with Crippen LogP contribution in [0.1, 0.15) is 21.4 Å². The number of benzene rings is 1. The summed E-state index contributed by atoms with van der Waals surface area (Å²) >= 11 is 3.56. The smallest absolute Gasteiger partial charge is 0.238 e. The summed E-state index contributed by atoms with van der Waals surface area (Å²) < 4.78 is 5.33.